The second-order valence-corrected chi connectivity index (χ2v) is 5.33. The number of hydrogen-bond acceptors (Lipinski definition) is 2. The SMILES string of the molecule is CC(O)(CCC1CCCO1)Cc1ccccc1. The molecule has 0 radical (unpaired) electrons. The van der Waals surface area contributed by atoms with Gasteiger partial charge in [0.25, 0.3) is 0 Å². The van der Waals surface area contributed by atoms with Gasteiger partial charge >= 0.3 is 0 Å². The molecule has 2 unspecified atom stereocenters. The maximum atomic E-state index is 10.4. The van der Waals surface area contributed by atoms with E-state index >= 15 is 0 Å². The highest BCUT2D eigenvalue weighted by atomic mass is 16.5. The Hall–Kier alpha value is -0.860. The number of benzene rings is 1. The van der Waals surface area contributed by atoms with Crippen molar-refractivity contribution in [3.05, 3.63) is 35.9 Å². The second kappa shape index (κ2) is 5.65. The van der Waals surface area contributed by atoms with Crippen molar-refractivity contribution in [3.63, 3.8) is 0 Å². The lowest BCUT2D eigenvalue weighted by atomic mass is 9.90. The molecule has 0 aromatic heterocycles. The summed E-state index contributed by atoms with van der Waals surface area (Å²) in [5.41, 5.74) is 0.581. The van der Waals surface area contributed by atoms with E-state index in [9.17, 15) is 5.11 Å². The smallest absolute Gasteiger partial charge is 0.0660 e. The first-order valence-electron chi connectivity index (χ1n) is 6.54. The van der Waals surface area contributed by atoms with Gasteiger partial charge < -0.3 is 9.84 Å². The first kappa shape index (κ1) is 12.6. The fraction of sp³-hybridized carbons (Fsp3) is 0.600. The van der Waals surface area contributed by atoms with Crippen LogP contribution in [0, 0.1) is 0 Å². The Morgan fingerprint density at radius 3 is 2.76 bits per heavy atom. The summed E-state index contributed by atoms with van der Waals surface area (Å²) >= 11 is 0. The molecular formula is C15H22O2. The predicted octanol–water partition coefficient (Wildman–Crippen LogP) is 2.94. The Morgan fingerprint density at radius 1 is 1.35 bits per heavy atom. The predicted molar refractivity (Wildman–Crippen MR) is 69.0 cm³/mol. The quantitative estimate of drug-likeness (QED) is 0.848. The lowest BCUT2D eigenvalue weighted by Gasteiger charge is -2.24. The van der Waals surface area contributed by atoms with E-state index in [2.05, 4.69) is 12.1 Å². The van der Waals surface area contributed by atoms with Crippen molar-refractivity contribution >= 4 is 0 Å². The third-order valence-corrected chi connectivity index (χ3v) is 3.46. The zero-order valence-electron chi connectivity index (χ0n) is 10.6. The molecule has 1 saturated heterocycles. The minimum absolute atomic E-state index is 0.372. The minimum atomic E-state index is -0.618. The zero-order chi connectivity index (χ0) is 12.1. The van der Waals surface area contributed by atoms with Gasteiger partial charge in [-0.2, -0.15) is 0 Å². The van der Waals surface area contributed by atoms with E-state index in [1.165, 1.54) is 12.0 Å². The molecule has 1 fully saturated rings. The molecule has 1 aliphatic rings. The van der Waals surface area contributed by atoms with E-state index in [4.69, 9.17) is 4.74 Å². The van der Waals surface area contributed by atoms with Crippen molar-refractivity contribution in [1.29, 1.82) is 0 Å². The van der Waals surface area contributed by atoms with Crippen LogP contribution in [0.5, 0.6) is 0 Å². The van der Waals surface area contributed by atoms with Gasteiger partial charge in [0.2, 0.25) is 0 Å². The summed E-state index contributed by atoms with van der Waals surface area (Å²) in [5.74, 6) is 0. The van der Waals surface area contributed by atoms with E-state index in [1.807, 2.05) is 25.1 Å². The van der Waals surface area contributed by atoms with Crippen molar-refractivity contribution < 1.29 is 9.84 Å². The van der Waals surface area contributed by atoms with Gasteiger partial charge in [-0.05, 0) is 38.2 Å². The monoisotopic (exact) mass is 234 g/mol. The average molecular weight is 234 g/mol. The summed E-state index contributed by atoms with van der Waals surface area (Å²) in [4.78, 5) is 0. The Morgan fingerprint density at radius 2 is 2.12 bits per heavy atom. The van der Waals surface area contributed by atoms with Crippen molar-refractivity contribution in [3.8, 4) is 0 Å². The molecule has 2 atom stereocenters. The van der Waals surface area contributed by atoms with Gasteiger partial charge in [0, 0.05) is 13.0 Å². The Kier molecular flexibility index (Phi) is 4.19. The molecule has 0 aliphatic carbocycles. The number of hydrogen-bond donors (Lipinski definition) is 1. The molecule has 2 heteroatoms. The minimum Gasteiger partial charge on any atom is -0.390 e. The van der Waals surface area contributed by atoms with Gasteiger partial charge in [0.05, 0.1) is 11.7 Å². The fourth-order valence-corrected chi connectivity index (χ4v) is 2.47. The lowest BCUT2D eigenvalue weighted by Crippen LogP contribution is -2.28. The molecule has 0 spiro atoms. The van der Waals surface area contributed by atoms with Crippen molar-refractivity contribution in [1.82, 2.24) is 0 Å². The molecule has 1 aromatic carbocycles. The van der Waals surface area contributed by atoms with Gasteiger partial charge in [-0.1, -0.05) is 30.3 Å². The number of ether oxygens (including phenoxy) is 1. The largest absolute Gasteiger partial charge is 0.390 e. The van der Waals surface area contributed by atoms with Crippen LogP contribution in [0.4, 0.5) is 0 Å². The van der Waals surface area contributed by atoms with Gasteiger partial charge in [-0.25, -0.2) is 0 Å². The van der Waals surface area contributed by atoms with Crippen LogP contribution in [0.25, 0.3) is 0 Å². The lowest BCUT2D eigenvalue weighted by molar-refractivity contribution is 0.0254. The van der Waals surface area contributed by atoms with E-state index in [-0.39, 0.29) is 0 Å². The topological polar surface area (TPSA) is 29.5 Å². The maximum Gasteiger partial charge on any atom is 0.0660 e. The maximum absolute atomic E-state index is 10.4. The summed E-state index contributed by atoms with van der Waals surface area (Å²) in [7, 11) is 0. The molecule has 1 N–H and O–H groups in total. The summed E-state index contributed by atoms with van der Waals surface area (Å²) < 4.78 is 5.59. The van der Waals surface area contributed by atoms with Crippen LogP contribution in [0.15, 0.2) is 30.3 Å². The van der Waals surface area contributed by atoms with Crippen LogP contribution in [-0.4, -0.2) is 23.4 Å². The van der Waals surface area contributed by atoms with E-state index < -0.39 is 5.60 Å². The third-order valence-electron chi connectivity index (χ3n) is 3.46. The van der Waals surface area contributed by atoms with E-state index in [1.54, 1.807) is 0 Å². The molecule has 17 heavy (non-hydrogen) atoms. The number of rotatable bonds is 5. The van der Waals surface area contributed by atoms with Gasteiger partial charge in [-0.3, -0.25) is 0 Å². The van der Waals surface area contributed by atoms with Crippen LogP contribution in [0.1, 0.15) is 38.2 Å². The molecule has 1 heterocycles. The molecular weight excluding hydrogens is 212 g/mol. The van der Waals surface area contributed by atoms with Gasteiger partial charge in [-0.15, -0.1) is 0 Å². The van der Waals surface area contributed by atoms with Crippen molar-refractivity contribution in [2.45, 2.75) is 50.7 Å². The molecule has 94 valence electrons. The molecule has 0 saturated carbocycles. The molecule has 0 bridgehead atoms. The van der Waals surface area contributed by atoms with E-state index in [0.29, 0.717) is 6.10 Å². The summed E-state index contributed by atoms with van der Waals surface area (Å²) in [6.07, 6.45) is 5.21. The highest BCUT2D eigenvalue weighted by Gasteiger charge is 2.24. The van der Waals surface area contributed by atoms with Crippen molar-refractivity contribution in [2.75, 3.05) is 6.61 Å². The average Bonchev–Trinajstić information content (AvgIpc) is 2.80. The van der Waals surface area contributed by atoms with Crippen LogP contribution in [0.2, 0.25) is 0 Å². The Labute approximate surface area is 104 Å². The van der Waals surface area contributed by atoms with Crippen molar-refractivity contribution in [2.24, 2.45) is 0 Å². The normalized spacial score (nSPS) is 23.5. The van der Waals surface area contributed by atoms with Crippen LogP contribution >= 0.6 is 0 Å². The van der Waals surface area contributed by atoms with Gasteiger partial charge in [0.1, 0.15) is 0 Å². The summed E-state index contributed by atoms with van der Waals surface area (Å²) in [6.45, 7) is 2.82. The highest BCUT2D eigenvalue weighted by Crippen LogP contribution is 2.24. The molecule has 2 rings (SSSR count). The summed E-state index contributed by atoms with van der Waals surface area (Å²) in [5, 5.41) is 10.4. The standard InChI is InChI=1S/C15H22O2/c1-15(16,10-9-14-8-5-11-17-14)12-13-6-3-2-4-7-13/h2-4,6-7,14,16H,5,8-12H2,1H3. The fourth-order valence-electron chi connectivity index (χ4n) is 2.47. The highest BCUT2D eigenvalue weighted by molar-refractivity contribution is 5.16. The van der Waals surface area contributed by atoms with E-state index in [0.717, 1.165) is 32.3 Å². The molecule has 1 aromatic rings. The molecule has 0 amide bonds. The van der Waals surface area contributed by atoms with Gasteiger partial charge in [0.15, 0.2) is 0 Å². The second-order valence-electron chi connectivity index (χ2n) is 5.33. The van der Waals surface area contributed by atoms with Crippen LogP contribution < -0.4 is 0 Å². The first-order chi connectivity index (χ1) is 8.16. The zero-order valence-corrected chi connectivity index (χ0v) is 10.6. The van der Waals surface area contributed by atoms with Crippen LogP contribution in [-0.2, 0) is 11.2 Å². The third kappa shape index (κ3) is 4.14. The number of aliphatic hydroxyl groups is 1. The first-order valence-corrected chi connectivity index (χ1v) is 6.54. The van der Waals surface area contributed by atoms with Crippen LogP contribution in [0.3, 0.4) is 0 Å². The Bertz CT molecular complexity index is 326. The molecule has 2 nitrogen and oxygen atoms in total. The molecule has 1 aliphatic heterocycles. The summed E-state index contributed by atoms with van der Waals surface area (Å²) in [6, 6.07) is 10.2. The Balaban J connectivity index is 1.81.